The molecule has 0 aliphatic carbocycles. The Bertz CT molecular complexity index is 2470. The number of imidazole rings is 1. The van der Waals surface area contributed by atoms with E-state index in [0.717, 1.165) is 23.5 Å². The first-order valence-electron chi connectivity index (χ1n) is 21.3. The number of rotatable bonds is 24. The fourth-order valence-electron chi connectivity index (χ4n) is 6.85. The van der Waals surface area contributed by atoms with Crippen LogP contribution in [0.25, 0.3) is 21.6 Å². The van der Waals surface area contributed by atoms with Crippen molar-refractivity contribution >= 4 is 69.1 Å². The number of unbranched alkanes of at least 4 members (excludes halogenated alkanes) is 1. The molecule has 2 saturated heterocycles. The zero-order chi connectivity index (χ0) is 52.1. The molecule has 0 radical (unpaired) electrons. The predicted octanol–water partition coefficient (Wildman–Crippen LogP) is 1.44. The summed E-state index contributed by atoms with van der Waals surface area (Å²) < 4.78 is 58.4. The Balaban J connectivity index is 1.30. The van der Waals surface area contributed by atoms with Crippen LogP contribution in [0.4, 0.5) is 21.1 Å². The minimum absolute atomic E-state index is 0.0289. The van der Waals surface area contributed by atoms with Crippen LogP contribution in [-0.4, -0.2) is 148 Å². The summed E-state index contributed by atoms with van der Waals surface area (Å²) in [4.78, 5) is 106. The monoisotopic (exact) mass is 1040 g/mol. The van der Waals surface area contributed by atoms with Gasteiger partial charge >= 0.3 is 204 Å². The Labute approximate surface area is 403 Å². The summed E-state index contributed by atoms with van der Waals surface area (Å²) in [6.45, 7) is 2.99. The average Bonchev–Trinajstić information content (AvgIpc) is 3.98. The van der Waals surface area contributed by atoms with Gasteiger partial charge in [0.05, 0.1) is 6.33 Å². The molecule has 2 aliphatic rings. The van der Waals surface area contributed by atoms with Crippen LogP contribution in [0.3, 0.4) is 0 Å². The molecule has 12 N–H and O–H groups in total. The van der Waals surface area contributed by atoms with E-state index in [1.807, 2.05) is 0 Å². The number of phosphoric acid groups is 1. The number of fused-ring (bicyclic) bond motifs is 1. The second-order valence-electron chi connectivity index (χ2n) is 16.6. The van der Waals surface area contributed by atoms with Crippen molar-refractivity contribution in [3.63, 3.8) is 0 Å². The van der Waals surface area contributed by atoms with Gasteiger partial charge in [0, 0.05) is 17.1 Å². The van der Waals surface area contributed by atoms with Gasteiger partial charge in [0.25, 0.3) is 0 Å². The number of amidine groups is 1. The van der Waals surface area contributed by atoms with Gasteiger partial charge in [-0.2, -0.15) is 0 Å². The number of nitrogens with zero attached hydrogens (tertiary/aromatic N) is 8. The Morgan fingerprint density at radius 2 is 1.86 bits per heavy atom. The summed E-state index contributed by atoms with van der Waals surface area (Å²) in [5, 5.41) is 27.7. The summed E-state index contributed by atoms with van der Waals surface area (Å²) >= 11 is 0. The zero-order valence-corrected chi connectivity index (χ0v) is 40.1. The molecule has 2 aromatic heterocycles. The number of phosphoric ester groups is 1. The number of aliphatic hydroxyl groups is 1. The number of alkyl carbamates (subject to hydrolysis) is 2. The third-order valence-corrected chi connectivity index (χ3v) is 11.6. The van der Waals surface area contributed by atoms with Crippen molar-refractivity contribution < 1.29 is 85.7 Å². The molecule has 31 nitrogen and oxygen atoms in total. The topological polar surface area (TPSA) is 456 Å². The van der Waals surface area contributed by atoms with Crippen LogP contribution >= 0.6 is 16.0 Å². The number of nitrogens with two attached hydrogens (primary N) is 2. The number of anilines is 1. The standard InChI is InChI=1S/C38H55N13O18P2/c1-38(2,3)68-37(56)47-23(6-4-5-12-43-36(55)62-15-21-7-9-22(10-8-21)48-49-42)35(54)67-31-26(66-34(30(31)53)51-19-46-29-32(41)44-18-45-33(29)51)17-64-71(60,61)69-24-14-28(50(20-52)13-11-27(39)40)65-25(24)16-63-70(57,58)59/h7-11,13,18-20,23-26,28,30-31,34,53,57-59,70H,4-6,12,14-17H2,1-3H3,(H3,39,40)(H,43,55)(H,47,56)(H,60,61)(H2,41,44,45)/b13-11-/t23-,24-,25+,26+,28+,30+,31+,34+/m0/s1. The quantitative estimate of drug-likeness (QED) is 0.00580. The van der Waals surface area contributed by atoms with Gasteiger partial charge in [-0.3, -0.25) is 0 Å². The number of amides is 3. The van der Waals surface area contributed by atoms with E-state index in [-0.39, 0.29) is 62.2 Å². The van der Waals surface area contributed by atoms with Crippen molar-refractivity contribution in [3.8, 4) is 0 Å². The molecule has 2 aliphatic heterocycles. The molecule has 71 heavy (non-hydrogen) atoms. The summed E-state index contributed by atoms with van der Waals surface area (Å²) in [5.41, 5.74) is 20.1. The van der Waals surface area contributed by atoms with Crippen LogP contribution in [0, 0.1) is 5.41 Å². The molecule has 5 rings (SSSR count). The number of ether oxygens (including phenoxy) is 5. The molecule has 1 unspecified atom stereocenters. The number of aliphatic hydroxyl groups excluding tert-OH is 1. The summed E-state index contributed by atoms with van der Waals surface area (Å²) in [7, 11) is -10.5. The van der Waals surface area contributed by atoms with E-state index < -0.39 is 108 Å². The van der Waals surface area contributed by atoms with Gasteiger partial charge in [-0.15, -0.1) is 0 Å². The van der Waals surface area contributed by atoms with Gasteiger partial charge < -0.3 is 25.8 Å². The Kier molecular flexibility index (Phi) is 19.5. The fourth-order valence-corrected chi connectivity index (χ4v) is 8.20. The third kappa shape index (κ3) is 17.0. The molecule has 390 valence electrons. The predicted molar refractivity (Wildman–Crippen MR) is 244 cm³/mol. The SMILES string of the molecule is CC(C)(C)OC(=O)N[C@@H](CCCCNC(=O)OCc1ccc(N=[N+]=[N-])cc1)C(=O)O[C@H]1[C@@H](O)[C@H](n2cnc3c(N)ncnc32)O[C@@H]1COP(=O)(O)O[C@H]1C[C@H](N(C=O)/C=C\C(=N)N)O[C@@H]1CO[PH](O)(O)O. The number of hydrogen-bond acceptors (Lipinski definition) is 23. The number of hydrogen-bond donors (Lipinski definition) is 10. The van der Waals surface area contributed by atoms with Crippen LogP contribution in [0.1, 0.15) is 58.2 Å². The molecule has 0 saturated carbocycles. The molecule has 9 atom stereocenters. The van der Waals surface area contributed by atoms with E-state index >= 15 is 0 Å². The van der Waals surface area contributed by atoms with E-state index in [1.54, 1.807) is 45.0 Å². The van der Waals surface area contributed by atoms with Crippen molar-refractivity contribution in [2.24, 2.45) is 10.8 Å². The number of nitrogens with one attached hydrogen (secondary N) is 3. The van der Waals surface area contributed by atoms with Gasteiger partial charge in [-0.05, 0) is 51.1 Å². The zero-order valence-electron chi connectivity index (χ0n) is 38.2. The van der Waals surface area contributed by atoms with Crippen molar-refractivity contribution in [3.05, 3.63) is 65.2 Å². The summed E-state index contributed by atoms with van der Waals surface area (Å²) in [5.74, 6) is -1.59. The molecule has 1 aromatic carbocycles. The second kappa shape index (κ2) is 24.8. The summed E-state index contributed by atoms with van der Waals surface area (Å²) in [6.07, 6.45) is -7.96. The number of aromatic nitrogens is 4. The first kappa shape index (κ1) is 55.8. The van der Waals surface area contributed by atoms with E-state index in [0.29, 0.717) is 11.3 Å². The number of carbonyl (C=O) groups is 4. The maximum absolute atomic E-state index is 14.1. The molecule has 3 aromatic rings. The number of benzene rings is 1. The van der Waals surface area contributed by atoms with Crippen molar-refractivity contribution in [2.45, 2.75) is 108 Å². The van der Waals surface area contributed by atoms with E-state index in [9.17, 15) is 48.4 Å². The number of azide groups is 1. The van der Waals surface area contributed by atoms with Crippen LogP contribution in [0.15, 0.2) is 54.3 Å². The summed E-state index contributed by atoms with van der Waals surface area (Å²) in [6, 6.07) is 4.89. The van der Waals surface area contributed by atoms with E-state index in [2.05, 4.69) is 40.1 Å². The maximum atomic E-state index is 14.1. The molecule has 33 heteroatoms. The average molecular weight is 1040 g/mol. The van der Waals surface area contributed by atoms with Crippen LogP contribution in [0.5, 0.6) is 0 Å². The molecular formula is C38H55N13O18P2. The van der Waals surface area contributed by atoms with Gasteiger partial charge in [0.1, 0.15) is 30.1 Å². The van der Waals surface area contributed by atoms with Crippen LogP contribution < -0.4 is 22.1 Å². The Morgan fingerprint density at radius 3 is 2.52 bits per heavy atom. The van der Waals surface area contributed by atoms with Crippen LogP contribution in [-0.2, 0) is 58.0 Å². The number of nitrogen functional groups attached to an aromatic ring is 1. The van der Waals surface area contributed by atoms with Crippen molar-refractivity contribution in [1.82, 2.24) is 35.1 Å². The molecular weight excluding hydrogens is 988 g/mol. The van der Waals surface area contributed by atoms with Crippen molar-refractivity contribution in [1.29, 1.82) is 5.41 Å². The first-order valence-corrected chi connectivity index (χ1v) is 24.6. The minimum atomic E-state index is -5.29. The second-order valence-corrected chi connectivity index (χ2v) is 19.4. The van der Waals surface area contributed by atoms with Gasteiger partial charge in [0.2, 0.25) is 0 Å². The van der Waals surface area contributed by atoms with Gasteiger partial charge in [-0.1, -0.05) is 29.4 Å². The van der Waals surface area contributed by atoms with E-state index in [1.165, 1.54) is 10.9 Å². The van der Waals surface area contributed by atoms with Crippen molar-refractivity contribution in [2.75, 3.05) is 25.5 Å². The number of carbonyl (C=O) groups excluding carboxylic acids is 4. The fraction of sp³-hybridized carbons (Fsp3) is 0.526. The molecule has 0 bridgehead atoms. The first-order chi connectivity index (χ1) is 33.5. The van der Waals surface area contributed by atoms with Gasteiger partial charge in [-0.25, -0.2) is 29.3 Å². The Morgan fingerprint density at radius 1 is 1.13 bits per heavy atom. The molecule has 4 heterocycles. The number of esters is 1. The van der Waals surface area contributed by atoms with E-state index in [4.69, 9.17) is 55.1 Å². The van der Waals surface area contributed by atoms with Crippen LogP contribution in [0.2, 0.25) is 0 Å². The molecule has 2 fully saturated rings. The molecule has 0 spiro atoms. The molecule has 3 amide bonds. The normalized spacial score (nSPS) is 22.7. The Hall–Kier alpha value is -6.17. The third-order valence-electron chi connectivity index (χ3n) is 10.0. The van der Waals surface area contributed by atoms with Gasteiger partial charge in [0.15, 0.2) is 11.5 Å².